The van der Waals surface area contributed by atoms with E-state index in [0.29, 0.717) is 0 Å². The molecule has 0 fully saturated rings. The fourth-order valence-corrected chi connectivity index (χ4v) is 0.871. The van der Waals surface area contributed by atoms with Crippen LogP contribution >= 0.6 is 0 Å². The molecule has 0 aromatic rings. The Morgan fingerprint density at radius 2 is 2.00 bits per heavy atom. The summed E-state index contributed by atoms with van der Waals surface area (Å²) in [5, 5.41) is 16.4. The number of ether oxygens (including phenoxy) is 1. The van der Waals surface area contributed by atoms with Crippen LogP contribution in [0.5, 0.6) is 0 Å². The number of aliphatic hydroxyl groups is 1. The SMILES string of the molecule is C/C(C(=N)C(C)O)=C(/N)COCC(F)(F)F. The minimum absolute atomic E-state index is 0.00940. The quantitative estimate of drug-likeness (QED) is 0.632. The Bertz CT molecular complexity index is 285. The molecule has 0 spiro atoms. The van der Waals surface area contributed by atoms with Crippen molar-refractivity contribution in [2.45, 2.75) is 26.1 Å². The summed E-state index contributed by atoms with van der Waals surface area (Å²) in [5.74, 6) is 0. The van der Waals surface area contributed by atoms with Crippen LogP contribution in [0.2, 0.25) is 0 Å². The molecule has 4 nitrogen and oxygen atoms in total. The van der Waals surface area contributed by atoms with Crippen LogP contribution < -0.4 is 5.73 Å². The summed E-state index contributed by atoms with van der Waals surface area (Å²) in [6.45, 7) is 1.01. The van der Waals surface area contributed by atoms with Crippen molar-refractivity contribution in [2.24, 2.45) is 5.73 Å². The first-order valence-electron chi connectivity index (χ1n) is 4.51. The van der Waals surface area contributed by atoms with Crippen LogP contribution in [-0.2, 0) is 4.74 Å². The molecule has 0 aliphatic carbocycles. The van der Waals surface area contributed by atoms with Gasteiger partial charge in [-0.25, -0.2) is 0 Å². The second kappa shape index (κ2) is 5.86. The van der Waals surface area contributed by atoms with Crippen LogP contribution in [0.1, 0.15) is 13.8 Å². The minimum atomic E-state index is -4.40. The molecule has 0 amide bonds. The van der Waals surface area contributed by atoms with Crippen LogP contribution in [0.3, 0.4) is 0 Å². The molecule has 0 aromatic heterocycles. The first-order valence-corrected chi connectivity index (χ1v) is 4.51. The molecule has 94 valence electrons. The number of alkyl halides is 3. The van der Waals surface area contributed by atoms with Gasteiger partial charge in [0.1, 0.15) is 6.61 Å². The van der Waals surface area contributed by atoms with Crippen molar-refractivity contribution in [3.63, 3.8) is 0 Å². The van der Waals surface area contributed by atoms with E-state index in [0.717, 1.165) is 0 Å². The highest BCUT2D eigenvalue weighted by molar-refractivity contribution is 6.00. The molecule has 0 aromatic carbocycles. The predicted octanol–water partition coefficient (Wildman–Crippen LogP) is 1.20. The van der Waals surface area contributed by atoms with E-state index in [-0.39, 0.29) is 17.0 Å². The Hall–Kier alpha value is -1.08. The molecule has 0 aliphatic heterocycles. The summed E-state index contributed by atoms with van der Waals surface area (Å²) in [5.41, 5.74) is 5.53. The van der Waals surface area contributed by atoms with Gasteiger partial charge in [-0.05, 0) is 19.4 Å². The number of nitrogens with two attached hydrogens (primary N) is 1. The van der Waals surface area contributed by atoms with Crippen molar-refractivity contribution in [2.75, 3.05) is 13.2 Å². The van der Waals surface area contributed by atoms with Crippen LogP contribution in [0.25, 0.3) is 0 Å². The maximum Gasteiger partial charge on any atom is 0.411 e. The summed E-state index contributed by atoms with van der Waals surface area (Å²) >= 11 is 0. The maximum atomic E-state index is 11.7. The molecule has 0 rings (SSSR count). The van der Waals surface area contributed by atoms with Gasteiger partial charge in [0.2, 0.25) is 0 Å². The van der Waals surface area contributed by atoms with Gasteiger partial charge < -0.3 is 21.0 Å². The van der Waals surface area contributed by atoms with Gasteiger partial charge >= 0.3 is 6.18 Å². The van der Waals surface area contributed by atoms with Crippen LogP contribution in [-0.4, -0.2) is 36.3 Å². The van der Waals surface area contributed by atoms with Gasteiger partial charge in [-0.1, -0.05) is 0 Å². The van der Waals surface area contributed by atoms with E-state index in [4.69, 9.17) is 16.2 Å². The second-order valence-corrected chi connectivity index (χ2v) is 3.35. The van der Waals surface area contributed by atoms with Gasteiger partial charge in [-0.3, -0.25) is 0 Å². The lowest BCUT2D eigenvalue weighted by Crippen LogP contribution is -2.23. The normalized spacial score (nSPS) is 15.6. The molecule has 0 bridgehead atoms. The zero-order valence-electron chi connectivity index (χ0n) is 9.06. The monoisotopic (exact) mass is 240 g/mol. The first-order chi connectivity index (χ1) is 7.15. The smallest absolute Gasteiger partial charge is 0.400 e. The zero-order valence-corrected chi connectivity index (χ0v) is 9.06. The van der Waals surface area contributed by atoms with Gasteiger partial charge in [0.15, 0.2) is 0 Å². The summed E-state index contributed by atoms with van der Waals surface area (Å²) in [6.07, 6.45) is -5.41. The third-order valence-corrected chi connectivity index (χ3v) is 1.83. The molecule has 1 unspecified atom stereocenters. The summed E-state index contributed by atoms with van der Waals surface area (Å²) in [4.78, 5) is 0. The van der Waals surface area contributed by atoms with Crippen molar-refractivity contribution in [3.8, 4) is 0 Å². The minimum Gasteiger partial charge on any atom is -0.400 e. The lowest BCUT2D eigenvalue weighted by atomic mass is 10.1. The van der Waals surface area contributed by atoms with E-state index >= 15 is 0 Å². The largest absolute Gasteiger partial charge is 0.411 e. The molecule has 16 heavy (non-hydrogen) atoms. The number of aliphatic hydroxyl groups excluding tert-OH is 1. The van der Waals surface area contributed by atoms with Crippen LogP contribution in [0.4, 0.5) is 13.2 Å². The molecule has 7 heteroatoms. The molecular formula is C9H15F3N2O2. The highest BCUT2D eigenvalue weighted by atomic mass is 19.4. The number of rotatable bonds is 5. The predicted molar refractivity (Wildman–Crippen MR) is 53.2 cm³/mol. The Labute approximate surface area is 91.4 Å². The Balaban J connectivity index is 4.28. The summed E-state index contributed by atoms with van der Waals surface area (Å²) < 4.78 is 39.5. The van der Waals surface area contributed by atoms with E-state index in [1.165, 1.54) is 13.8 Å². The Morgan fingerprint density at radius 3 is 2.38 bits per heavy atom. The van der Waals surface area contributed by atoms with E-state index < -0.39 is 25.5 Å². The molecule has 1 atom stereocenters. The van der Waals surface area contributed by atoms with Crippen LogP contribution in [0, 0.1) is 5.41 Å². The van der Waals surface area contributed by atoms with Gasteiger partial charge in [-0.2, -0.15) is 13.2 Å². The fraction of sp³-hybridized carbons (Fsp3) is 0.667. The topological polar surface area (TPSA) is 79.3 Å². The third kappa shape index (κ3) is 5.72. The molecule has 4 N–H and O–H groups in total. The molecule has 0 heterocycles. The number of hydrogen-bond donors (Lipinski definition) is 3. The average Bonchev–Trinajstić information content (AvgIpc) is 2.13. The first kappa shape index (κ1) is 14.9. The summed E-state index contributed by atoms with van der Waals surface area (Å²) in [6, 6.07) is 0. The lowest BCUT2D eigenvalue weighted by molar-refractivity contribution is -0.171. The van der Waals surface area contributed by atoms with Gasteiger partial charge in [0, 0.05) is 5.70 Å². The van der Waals surface area contributed by atoms with Crippen molar-refractivity contribution >= 4 is 5.71 Å². The maximum absolute atomic E-state index is 11.7. The summed E-state index contributed by atoms with van der Waals surface area (Å²) in [7, 11) is 0. The second-order valence-electron chi connectivity index (χ2n) is 3.35. The van der Waals surface area contributed by atoms with Crippen LogP contribution in [0.15, 0.2) is 11.3 Å². The van der Waals surface area contributed by atoms with Gasteiger partial charge in [-0.15, -0.1) is 0 Å². The zero-order chi connectivity index (χ0) is 12.9. The van der Waals surface area contributed by atoms with Crippen molar-refractivity contribution < 1.29 is 23.0 Å². The number of hydrogen-bond acceptors (Lipinski definition) is 4. The third-order valence-electron chi connectivity index (χ3n) is 1.83. The molecule has 0 saturated carbocycles. The van der Waals surface area contributed by atoms with Crippen molar-refractivity contribution in [3.05, 3.63) is 11.3 Å². The fourth-order valence-electron chi connectivity index (χ4n) is 0.871. The van der Waals surface area contributed by atoms with Crippen molar-refractivity contribution in [1.82, 2.24) is 0 Å². The number of halogens is 3. The van der Waals surface area contributed by atoms with Crippen molar-refractivity contribution in [1.29, 1.82) is 5.41 Å². The van der Waals surface area contributed by atoms with Gasteiger partial charge in [0.05, 0.1) is 18.4 Å². The average molecular weight is 240 g/mol. The molecule has 0 saturated heterocycles. The van der Waals surface area contributed by atoms with Gasteiger partial charge in [0.25, 0.3) is 0 Å². The van der Waals surface area contributed by atoms with E-state index in [1.54, 1.807) is 0 Å². The lowest BCUT2D eigenvalue weighted by Gasteiger charge is -2.12. The Morgan fingerprint density at radius 1 is 1.50 bits per heavy atom. The highest BCUT2D eigenvalue weighted by Gasteiger charge is 2.27. The molecular weight excluding hydrogens is 225 g/mol. The number of nitrogens with one attached hydrogen (secondary N) is 1. The molecule has 0 aliphatic rings. The van der Waals surface area contributed by atoms with E-state index in [2.05, 4.69) is 4.74 Å². The molecule has 0 radical (unpaired) electrons. The standard InChI is InChI=1S/C9H15F3N2O2/c1-5(8(14)6(2)15)7(13)3-16-4-9(10,11)12/h6,14-15H,3-4,13H2,1-2H3/b7-5-,14-8?. The van der Waals surface area contributed by atoms with E-state index in [9.17, 15) is 13.2 Å². The highest BCUT2D eigenvalue weighted by Crippen LogP contribution is 2.15. The Kier molecular flexibility index (Phi) is 5.46. The van der Waals surface area contributed by atoms with E-state index in [1.807, 2.05) is 0 Å².